The molecule has 0 radical (unpaired) electrons. The Morgan fingerprint density at radius 2 is 1.78 bits per heavy atom. The number of carbonyl (C=O) groups excluding carboxylic acids is 1. The topological polar surface area (TPSA) is 41.5 Å². The second-order valence-corrected chi connectivity index (χ2v) is 7.04. The molecule has 2 aliphatic rings. The number of nitrogens with zero attached hydrogens (tertiary/aromatic N) is 1. The first-order valence-electron chi connectivity index (χ1n) is 8.08. The van der Waals surface area contributed by atoms with E-state index in [4.69, 9.17) is 0 Å². The van der Waals surface area contributed by atoms with Crippen LogP contribution in [0.15, 0.2) is 59.6 Å². The highest BCUT2D eigenvalue weighted by molar-refractivity contribution is 6.04. The highest BCUT2D eigenvalue weighted by atomic mass is 16.2. The van der Waals surface area contributed by atoms with Crippen molar-refractivity contribution in [2.45, 2.75) is 26.2 Å². The lowest BCUT2D eigenvalue weighted by molar-refractivity contribution is -0.121. The molecule has 1 amide bonds. The van der Waals surface area contributed by atoms with Gasteiger partial charge in [0.1, 0.15) is 5.84 Å². The molecule has 2 unspecified atom stereocenters. The van der Waals surface area contributed by atoms with Gasteiger partial charge in [0.15, 0.2) is 0 Å². The summed E-state index contributed by atoms with van der Waals surface area (Å²) in [6.07, 6.45) is 0.713. The van der Waals surface area contributed by atoms with E-state index in [1.807, 2.05) is 36.4 Å². The maximum absolute atomic E-state index is 12.7. The van der Waals surface area contributed by atoms with Crippen molar-refractivity contribution >= 4 is 17.4 Å². The Kier molecular flexibility index (Phi) is 3.12. The molecular weight excluding hydrogens is 284 g/mol. The number of rotatable bonds is 2. The summed E-state index contributed by atoms with van der Waals surface area (Å²) in [5, 5.41) is 3.05. The molecule has 4 rings (SSSR count). The largest absolute Gasteiger partial charge is 0.314 e. The molecule has 1 heterocycles. The molecule has 1 aliphatic heterocycles. The number of benzene rings is 2. The molecule has 1 fully saturated rings. The van der Waals surface area contributed by atoms with Crippen molar-refractivity contribution in [3.63, 3.8) is 0 Å². The number of hydrogen-bond donors (Lipinski definition) is 1. The normalized spacial score (nSPS) is 23.8. The number of nitrogens with one attached hydrogen (secondary N) is 1. The van der Waals surface area contributed by atoms with E-state index in [1.165, 1.54) is 11.1 Å². The summed E-state index contributed by atoms with van der Waals surface area (Å²) in [6.45, 7) is 4.33. The van der Waals surface area contributed by atoms with Crippen LogP contribution in [0, 0.1) is 11.3 Å². The van der Waals surface area contributed by atoms with Crippen LogP contribution in [0.5, 0.6) is 0 Å². The highest BCUT2D eigenvalue weighted by Crippen LogP contribution is 2.64. The second-order valence-electron chi connectivity index (χ2n) is 7.04. The van der Waals surface area contributed by atoms with Crippen LogP contribution < -0.4 is 5.32 Å². The predicted octanol–water partition coefficient (Wildman–Crippen LogP) is 3.83. The monoisotopic (exact) mass is 304 g/mol. The van der Waals surface area contributed by atoms with Crippen LogP contribution in [0.1, 0.15) is 30.9 Å². The molecule has 3 heteroatoms. The summed E-state index contributed by atoms with van der Waals surface area (Å²) in [4.78, 5) is 17.3. The van der Waals surface area contributed by atoms with Crippen molar-refractivity contribution in [3.05, 3.63) is 65.7 Å². The lowest BCUT2D eigenvalue weighted by Crippen LogP contribution is -2.33. The first kappa shape index (κ1) is 14.2. The standard InChI is InChI=1S/C20H20N2O/c1-20(2)17(13-8-4-3-5-9-13)18(20)19(23)22-16-12-14-10-6-7-11-15(14)21-16/h3-11,17-18H,12H2,1-2H3,(H,21,22,23). The SMILES string of the molecule is CC1(C)C(C(=O)NC2=Nc3ccccc3C2)C1c1ccccc1. The van der Waals surface area contributed by atoms with E-state index in [0.29, 0.717) is 6.42 Å². The van der Waals surface area contributed by atoms with Crippen LogP contribution in [0.25, 0.3) is 0 Å². The van der Waals surface area contributed by atoms with E-state index < -0.39 is 0 Å². The Balaban J connectivity index is 1.49. The number of hydrogen-bond acceptors (Lipinski definition) is 2. The van der Waals surface area contributed by atoms with E-state index in [2.05, 4.69) is 42.4 Å². The molecule has 2 atom stereocenters. The average molecular weight is 304 g/mol. The minimum atomic E-state index is -0.00253. The Morgan fingerprint density at radius 3 is 2.52 bits per heavy atom. The second kappa shape index (κ2) is 5.05. The first-order valence-corrected chi connectivity index (χ1v) is 8.08. The van der Waals surface area contributed by atoms with Crippen LogP contribution in [0.2, 0.25) is 0 Å². The molecule has 2 aromatic carbocycles. The van der Waals surface area contributed by atoms with Crippen LogP contribution in [-0.2, 0) is 11.2 Å². The molecule has 23 heavy (non-hydrogen) atoms. The number of amidine groups is 1. The molecule has 116 valence electrons. The number of aliphatic imine (C=N–C) groups is 1. The summed E-state index contributed by atoms with van der Waals surface area (Å²) in [5.41, 5.74) is 3.39. The van der Waals surface area contributed by atoms with Gasteiger partial charge >= 0.3 is 0 Å². The first-order chi connectivity index (χ1) is 11.1. The lowest BCUT2D eigenvalue weighted by Gasteiger charge is -2.05. The Bertz CT molecular complexity index is 792. The van der Waals surface area contributed by atoms with Gasteiger partial charge in [-0.1, -0.05) is 62.4 Å². The van der Waals surface area contributed by atoms with Gasteiger partial charge in [-0.25, -0.2) is 4.99 Å². The highest BCUT2D eigenvalue weighted by Gasteiger charge is 2.62. The molecule has 1 N–H and O–H groups in total. The zero-order valence-corrected chi connectivity index (χ0v) is 13.4. The minimum Gasteiger partial charge on any atom is -0.314 e. The van der Waals surface area contributed by atoms with Crippen LogP contribution in [0.4, 0.5) is 5.69 Å². The third kappa shape index (κ3) is 2.37. The van der Waals surface area contributed by atoms with Crippen LogP contribution >= 0.6 is 0 Å². The summed E-state index contributed by atoms with van der Waals surface area (Å²) < 4.78 is 0. The maximum atomic E-state index is 12.7. The minimum absolute atomic E-state index is 0.00253. The quantitative estimate of drug-likeness (QED) is 0.900. The van der Waals surface area contributed by atoms with E-state index in [-0.39, 0.29) is 23.2 Å². The molecule has 3 nitrogen and oxygen atoms in total. The molecule has 0 saturated heterocycles. The van der Waals surface area contributed by atoms with Gasteiger partial charge in [-0.3, -0.25) is 4.79 Å². The van der Waals surface area contributed by atoms with Gasteiger partial charge in [-0.05, 0) is 22.6 Å². The summed E-state index contributed by atoms with van der Waals surface area (Å²) >= 11 is 0. The smallest absolute Gasteiger partial charge is 0.229 e. The van der Waals surface area contributed by atoms with Gasteiger partial charge in [-0.15, -0.1) is 0 Å². The number of fused-ring (bicyclic) bond motifs is 1. The fourth-order valence-electron chi connectivity index (χ4n) is 3.84. The third-order valence-electron chi connectivity index (χ3n) is 5.14. The molecular formula is C20H20N2O. The molecule has 0 spiro atoms. The van der Waals surface area contributed by atoms with Gasteiger partial charge in [-0.2, -0.15) is 0 Å². The molecule has 1 saturated carbocycles. The number of para-hydroxylation sites is 1. The Morgan fingerprint density at radius 1 is 1.09 bits per heavy atom. The van der Waals surface area contributed by atoms with Crippen molar-refractivity contribution < 1.29 is 4.79 Å². The van der Waals surface area contributed by atoms with Gasteiger partial charge in [0, 0.05) is 12.3 Å². The van der Waals surface area contributed by atoms with E-state index in [9.17, 15) is 4.79 Å². The number of carbonyl (C=O) groups is 1. The average Bonchev–Trinajstić information content (AvgIpc) is 2.91. The number of amides is 1. The van der Waals surface area contributed by atoms with Crippen molar-refractivity contribution in [2.24, 2.45) is 16.3 Å². The van der Waals surface area contributed by atoms with E-state index in [0.717, 1.165) is 11.5 Å². The van der Waals surface area contributed by atoms with Crippen molar-refractivity contribution in [2.75, 3.05) is 0 Å². The summed E-state index contributed by atoms with van der Waals surface area (Å²) in [5.74, 6) is 1.16. The fraction of sp³-hybridized carbons (Fsp3) is 0.300. The molecule has 1 aliphatic carbocycles. The fourth-order valence-corrected chi connectivity index (χ4v) is 3.84. The van der Waals surface area contributed by atoms with Crippen molar-refractivity contribution in [1.82, 2.24) is 5.32 Å². The van der Waals surface area contributed by atoms with Crippen LogP contribution in [0.3, 0.4) is 0 Å². The summed E-state index contributed by atoms with van der Waals surface area (Å²) in [7, 11) is 0. The van der Waals surface area contributed by atoms with Crippen molar-refractivity contribution in [1.29, 1.82) is 0 Å². The van der Waals surface area contributed by atoms with Gasteiger partial charge < -0.3 is 5.32 Å². The Hall–Kier alpha value is -2.42. The zero-order valence-electron chi connectivity index (χ0n) is 13.4. The van der Waals surface area contributed by atoms with E-state index >= 15 is 0 Å². The van der Waals surface area contributed by atoms with Gasteiger partial charge in [0.05, 0.1) is 11.6 Å². The predicted molar refractivity (Wildman–Crippen MR) is 91.8 cm³/mol. The lowest BCUT2D eigenvalue weighted by atomic mass is 10.0. The maximum Gasteiger partial charge on any atom is 0.229 e. The van der Waals surface area contributed by atoms with Crippen molar-refractivity contribution in [3.8, 4) is 0 Å². The molecule has 0 bridgehead atoms. The molecule has 2 aromatic rings. The van der Waals surface area contributed by atoms with Gasteiger partial charge in [0.25, 0.3) is 0 Å². The van der Waals surface area contributed by atoms with Gasteiger partial charge in [0.2, 0.25) is 5.91 Å². The zero-order chi connectivity index (χ0) is 16.0. The molecule has 0 aromatic heterocycles. The van der Waals surface area contributed by atoms with Crippen LogP contribution in [-0.4, -0.2) is 11.7 Å². The summed E-state index contributed by atoms with van der Waals surface area (Å²) in [6, 6.07) is 18.3. The third-order valence-corrected chi connectivity index (χ3v) is 5.14. The Labute approximate surface area is 136 Å². The van der Waals surface area contributed by atoms with E-state index in [1.54, 1.807) is 0 Å².